The Kier molecular flexibility index (Phi) is 2.91. The average molecular weight is 231 g/mol. The molecule has 0 aromatic heterocycles. The first-order valence-corrected chi connectivity index (χ1v) is 5.32. The lowest BCUT2D eigenvalue weighted by molar-refractivity contribution is -0.210. The van der Waals surface area contributed by atoms with Crippen molar-refractivity contribution < 1.29 is 24.1 Å². The molecule has 2 saturated heterocycles. The minimum atomic E-state index is -0.716. The van der Waals surface area contributed by atoms with Gasteiger partial charge < -0.3 is 24.6 Å². The van der Waals surface area contributed by atoms with Gasteiger partial charge in [-0.3, -0.25) is 4.79 Å². The standard InChI is InChI=1S/C10H17NO5/c1-5(13)11-7-6(4-12)14-9-8(7)15-10(2,3)16-9/h6-9,12H,4H2,1-3H3,(H,11,13)/t6?,7?,8-,9-/m1/s1. The molecule has 6 nitrogen and oxygen atoms in total. The summed E-state index contributed by atoms with van der Waals surface area (Å²) in [6.07, 6.45) is -1.37. The first-order valence-electron chi connectivity index (χ1n) is 5.32. The van der Waals surface area contributed by atoms with Crippen LogP contribution in [0.25, 0.3) is 0 Å². The van der Waals surface area contributed by atoms with Gasteiger partial charge in [0.2, 0.25) is 5.91 Å². The topological polar surface area (TPSA) is 77.0 Å². The lowest BCUT2D eigenvalue weighted by Gasteiger charge is -2.25. The lowest BCUT2D eigenvalue weighted by atomic mass is 10.1. The highest BCUT2D eigenvalue weighted by molar-refractivity contribution is 5.73. The van der Waals surface area contributed by atoms with E-state index in [-0.39, 0.29) is 24.7 Å². The Morgan fingerprint density at radius 1 is 1.44 bits per heavy atom. The number of aliphatic hydroxyl groups is 1. The Hall–Kier alpha value is -0.690. The van der Waals surface area contributed by atoms with Gasteiger partial charge >= 0.3 is 0 Å². The number of aliphatic hydroxyl groups excluding tert-OH is 1. The molecule has 2 unspecified atom stereocenters. The molecule has 0 aromatic carbocycles. The minimum absolute atomic E-state index is 0.176. The van der Waals surface area contributed by atoms with Crippen LogP contribution in [0.15, 0.2) is 0 Å². The lowest BCUT2D eigenvalue weighted by Crippen LogP contribution is -2.48. The van der Waals surface area contributed by atoms with Crippen LogP contribution >= 0.6 is 0 Å². The maximum Gasteiger partial charge on any atom is 0.217 e. The van der Waals surface area contributed by atoms with E-state index in [1.807, 2.05) is 0 Å². The summed E-state index contributed by atoms with van der Waals surface area (Å²) in [5.41, 5.74) is 0. The molecule has 0 spiro atoms. The molecule has 0 aliphatic carbocycles. The molecule has 2 rings (SSSR count). The molecule has 0 radical (unpaired) electrons. The third kappa shape index (κ3) is 2.06. The molecule has 0 bridgehead atoms. The molecular formula is C10H17NO5. The number of rotatable bonds is 2. The van der Waals surface area contributed by atoms with Crippen LogP contribution in [-0.2, 0) is 19.0 Å². The Bertz CT molecular complexity index is 293. The van der Waals surface area contributed by atoms with Crippen LogP contribution in [0.3, 0.4) is 0 Å². The summed E-state index contributed by atoms with van der Waals surface area (Å²) in [6, 6.07) is -0.366. The average Bonchev–Trinajstić information content (AvgIpc) is 2.59. The van der Waals surface area contributed by atoms with Crippen LogP contribution in [0.4, 0.5) is 0 Å². The van der Waals surface area contributed by atoms with Crippen molar-refractivity contribution in [3.8, 4) is 0 Å². The summed E-state index contributed by atoms with van der Waals surface area (Å²) in [5.74, 6) is -0.895. The molecule has 4 atom stereocenters. The second-order valence-electron chi connectivity index (χ2n) is 4.55. The largest absolute Gasteiger partial charge is 0.394 e. The molecule has 0 aromatic rings. The van der Waals surface area contributed by atoms with Crippen molar-refractivity contribution in [2.75, 3.05) is 6.61 Å². The minimum Gasteiger partial charge on any atom is -0.394 e. The summed E-state index contributed by atoms with van der Waals surface area (Å²) in [5, 5.41) is 11.9. The zero-order valence-electron chi connectivity index (χ0n) is 9.60. The van der Waals surface area contributed by atoms with Gasteiger partial charge in [0.25, 0.3) is 0 Å². The number of nitrogens with one attached hydrogen (secondary N) is 1. The second-order valence-corrected chi connectivity index (χ2v) is 4.55. The van der Waals surface area contributed by atoms with Crippen LogP contribution in [0.5, 0.6) is 0 Å². The van der Waals surface area contributed by atoms with Crippen LogP contribution in [0.2, 0.25) is 0 Å². The van der Waals surface area contributed by atoms with E-state index in [1.165, 1.54) is 6.92 Å². The third-order valence-corrected chi connectivity index (χ3v) is 2.70. The monoisotopic (exact) mass is 231 g/mol. The van der Waals surface area contributed by atoms with Crippen molar-refractivity contribution in [2.45, 2.75) is 51.1 Å². The van der Waals surface area contributed by atoms with Gasteiger partial charge in [-0.1, -0.05) is 0 Å². The van der Waals surface area contributed by atoms with E-state index < -0.39 is 18.2 Å². The number of hydrogen-bond donors (Lipinski definition) is 2. The summed E-state index contributed by atoms with van der Waals surface area (Å²) < 4.78 is 16.6. The van der Waals surface area contributed by atoms with Crippen molar-refractivity contribution in [3.05, 3.63) is 0 Å². The number of carbonyl (C=O) groups is 1. The first kappa shape index (κ1) is 11.8. The Labute approximate surface area is 93.9 Å². The van der Waals surface area contributed by atoms with Crippen molar-refractivity contribution in [1.29, 1.82) is 0 Å². The van der Waals surface area contributed by atoms with Gasteiger partial charge in [-0.25, -0.2) is 0 Å². The molecule has 1 amide bonds. The van der Waals surface area contributed by atoms with Crippen molar-refractivity contribution in [1.82, 2.24) is 5.32 Å². The molecule has 2 heterocycles. The summed E-state index contributed by atoms with van der Waals surface area (Å²) in [7, 11) is 0. The van der Waals surface area contributed by atoms with Gasteiger partial charge in [-0.05, 0) is 13.8 Å². The molecule has 92 valence electrons. The van der Waals surface area contributed by atoms with Crippen molar-refractivity contribution >= 4 is 5.91 Å². The highest BCUT2D eigenvalue weighted by Gasteiger charge is 2.54. The number of carbonyl (C=O) groups excluding carboxylic acids is 1. The van der Waals surface area contributed by atoms with Crippen LogP contribution in [0.1, 0.15) is 20.8 Å². The van der Waals surface area contributed by atoms with Crippen LogP contribution in [-0.4, -0.2) is 47.9 Å². The fourth-order valence-corrected chi connectivity index (χ4v) is 2.14. The summed E-state index contributed by atoms with van der Waals surface area (Å²) >= 11 is 0. The Morgan fingerprint density at radius 3 is 2.69 bits per heavy atom. The van der Waals surface area contributed by atoms with E-state index in [9.17, 15) is 4.79 Å². The fraction of sp³-hybridized carbons (Fsp3) is 0.900. The van der Waals surface area contributed by atoms with Gasteiger partial charge in [0.15, 0.2) is 12.1 Å². The van der Waals surface area contributed by atoms with E-state index in [2.05, 4.69) is 5.32 Å². The quantitative estimate of drug-likeness (QED) is 0.661. The third-order valence-electron chi connectivity index (χ3n) is 2.70. The van der Waals surface area contributed by atoms with E-state index in [1.54, 1.807) is 13.8 Å². The zero-order valence-corrected chi connectivity index (χ0v) is 9.60. The fourth-order valence-electron chi connectivity index (χ4n) is 2.14. The molecule has 2 N–H and O–H groups in total. The summed E-state index contributed by atoms with van der Waals surface area (Å²) in [6.45, 7) is 4.81. The molecule has 2 fully saturated rings. The van der Waals surface area contributed by atoms with Crippen molar-refractivity contribution in [3.63, 3.8) is 0 Å². The Morgan fingerprint density at radius 2 is 2.12 bits per heavy atom. The SMILES string of the molecule is CC(=O)NC1C(CO)O[C@@H]2OC(C)(C)O[C@H]12. The highest BCUT2D eigenvalue weighted by Crippen LogP contribution is 2.37. The number of hydrogen-bond acceptors (Lipinski definition) is 5. The summed E-state index contributed by atoms with van der Waals surface area (Å²) in [4.78, 5) is 11.1. The molecule has 2 aliphatic rings. The van der Waals surface area contributed by atoms with E-state index >= 15 is 0 Å². The van der Waals surface area contributed by atoms with E-state index in [0.717, 1.165) is 0 Å². The predicted molar refractivity (Wildman–Crippen MR) is 53.4 cm³/mol. The smallest absolute Gasteiger partial charge is 0.217 e. The van der Waals surface area contributed by atoms with Crippen molar-refractivity contribution in [2.24, 2.45) is 0 Å². The molecule has 16 heavy (non-hydrogen) atoms. The first-order chi connectivity index (χ1) is 7.43. The molecule has 6 heteroatoms. The van der Waals surface area contributed by atoms with E-state index in [4.69, 9.17) is 19.3 Å². The normalized spacial score (nSPS) is 40.8. The molecule has 0 saturated carbocycles. The van der Waals surface area contributed by atoms with E-state index in [0.29, 0.717) is 0 Å². The number of amides is 1. The number of fused-ring (bicyclic) bond motifs is 1. The van der Waals surface area contributed by atoms with Gasteiger partial charge in [0.05, 0.1) is 12.6 Å². The van der Waals surface area contributed by atoms with Gasteiger partial charge in [0.1, 0.15) is 12.2 Å². The highest BCUT2D eigenvalue weighted by atomic mass is 16.8. The second kappa shape index (κ2) is 3.96. The maximum atomic E-state index is 11.1. The zero-order chi connectivity index (χ0) is 11.9. The molecule has 2 aliphatic heterocycles. The van der Waals surface area contributed by atoms with Gasteiger partial charge in [0, 0.05) is 6.92 Å². The predicted octanol–water partition coefficient (Wildman–Crippen LogP) is -0.640. The Balaban J connectivity index is 2.10. The number of ether oxygens (including phenoxy) is 3. The van der Waals surface area contributed by atoms with Crippen LogP contribution < -0.4 is 5.32 Å². The van der Waals surface area contributed by atoms with Gasteiger partial charge in [-0.2, -0.15) is 0 Å². The van der Waals surface area contributed by atoms with Gasteiger partial charge in [-0.15, -0.1) is 0 Å². The maximum absolute atomic E-state index is 11.1. The molecular weight excluding hydrogens is 214 g/mol. The van der Waals surface area contributed by atoms with Crippen LogP contribution in [0, 0.1) is 0 Å².